The molecule has 0 aliphatic carbocycles. The normalized spacial score (nSPS) is 12.2. The topological polar surface area (TPSA) is 109 Å². The van der Waals surface area contributed by atoms with Crippen molar-refractivity contribution in [1.29, 1.82) is 0 Å². The number of aliphatic hydroxyl groups excluding tert-OH is 3. The zero-order valence-electron chi connectivity index (χ0n) is 42.9. The van der Waals surface area contributed by atoms with E-state index in [-0.39, 0.29) is 32.5 Å². The minimum Gasteiger partial charge on any atom is -0.433 e. The maximum absolute atomic E-state index is 12.7. The molecular formula is C54H106N4O6. The van der Waals surface area contributed by atoms with Gasteiger partial charge in [0.1, 0.15) is 12.7 Å². The third kappa shape index (κ3) is 52.6. The first kappa shape index (κ1) is 64.0. The zero-order chi connectivity index (χ0) is 47.4. The Morgan fingerprint density at radius 2 is 0.781 bits per heavy atom. The Hall–Kier alpha value is -2.05. The van der Waals surface area contributed by atoms with Gasteiger partial charge < -0.3 is 34.6 Å². The van der Waals surface area contributed by atoms with Crippen molar-refractivity contribution < 1.29 is 29.6 Å². The number of likely N-dealkylation sites (N-methyl/N-ethyl adjacent to an activating group) is 2. The van der Waals surface area contributed by atoms with Crippen LogP contribution in [0, 0.1) is 0 Å². The van der Waals surface area contributed by atoms with Crippen molar-refractivity contribution in [2.45, 2.75) is 187 Å². The Bertz CT molecular complexity index is 999. The molecule has 0 aromatic rings. The van der Waals surface area contributed by atoms with E-state index in [2.05, 4.69) is 77.2 Å². The molecule has 0 aliphatic heterocycles. The van der Waals surface area contributed by atoms with Crippen LogP contribution in [0.5, 0.6) is 0 Å². The van der Waals surface area contributed by atoms with Crippen molar-refractivity contribution in [3.05, 3.63) is 48.6 Å². The molecule has 0 aromatic carbocycles. The van der Waals surface area contributed by atoms with E-state index in [0.717, 1.165) is 64.7 Å². The largest absolute Gasteiger partial charge is 0.508 e. The molecule has 64 heavy (non-hydrogen) atoms. The quantitative estimate of drug-likeness (QED) is 0.0310. The van der Waals surface area contributed by atoms with Crippen LogP contribution in [0.25, 0.3) is 0 Å². The number of aliphatic hydroxyl groups is 3. The molecule has 0 atom stereocenters. The standard InChI is InChI=1S/C46H86N2O4.C8H20N2O2/c1-5-7-9-11-13-15-17-19-21-23-25-27-29-31-33-35-37-45(52-46(50)51-44-42-48(41-43-49)40-39-47(3)4)38-36-34-32-30-28-26-24-22-20-18-16-14-12-10-8-6-2;1-9(2)3-4-10(5-7-11)6-8-12/h13-16,19-22,45,49H,5-12,17-18,23-44H2,1-4H3;11-12H,3-8H2,1-2H3/b15-13-,16-14-,21-19-,22-20-;. The van der Waals surface area contributed by atoms with Gasteiger partial charge in [0, 0.05) is 52.4 Å². The van der Waals surface area contributed by atoms with Gasteiger partial charge >= 0.3 is 6.16 Å². The van der Waals surface area contributed by atoms with Gasteiger partial charge in [0.05, 0.1) is 19.8 Å². The highest BCUT2D eigenvalue weighted by Crippen LogP contribution is 2.18. The second kappa shape index (κ2) is 53.6. The molecule has 0 bridgehead atoms. The van der Waals surface area contributed by atoms with Crippen LogP contribution in [-0.4, -0.2) is 154 Å². The van der Waals surface area contributed by atoms with Gasteiger partial charge in [-0.15, -0.1) is 0 Å². The second-order valence-corrected chi connectivity index (χ2v) is 18.0. The van der Waals surface area contributed by atoms with E-state index in [0.29, 0.717) is 26.2 Å². The lowest BCUT2D eigenvalue weighted by atomic mass is 10.0. The molecule has 0 unspecified atom stereocenters. The van der Waals surface area contributed by atoms with Crippen LogP contribution >= 0.6 is 0 Å². The summed E-state index contributed by atoms with van der Waals surface area (Å²) in [4.78, 5) is 21.0. The summed E-state index contributed by atoms with van der Waals surface area (Å²) >= 11 is 0. The Morgan fingerprint density at radius 1 is 0.438 bits per heavy atom. The summed E-state index contributed by atoms with van der Waals surface area (Å²) in [6.45, 7) is 11.3. The zero-order valence-corrected chi connectivity index (χ0v) is 42.9. The Balaban J connectivity index is 0. The van der Waals surface area contributed by atoms with Gasteiger partial charge in [0.25, 0.3) is 0 Å². The van der Waals surface area contributed by atoms with E-state index in [9.17, 15) is 9.90 Å². The van der Waals surface area contributed by atoms with Crippen molar-refractivity contribution in [2.75, 3.05) is 107 Å². The summed E-state index contributed by atoms with van der Waals surface area (Å²) in [5.41, 5.74) is 0. The lowest BCUT2D eigenvalue weighted by Gasteiger charge is -2.23. The number of rotatable bonds is 46. The van der Waals surface area contributed by atoms with Crippen LogP contribution in [0.4, 0.5) is 4.79 Å². The lowest BCUT2D eigenvalue weighted by molar-refractivity contribution is 0.0111. The molecule has 0 fully saturated rings. The number of ether oxygens (including phenoxy) is 2. The minimum atomic E-state index is -0.540. The lowest BCUT2D eigenvalue weighted by Crippen LogP contribution is -2.36. The van der Waals surface area contributed by atoms with Crippen molar-refractivity contribution in [3.8, 4) is 0 Å². The molecule has 0 radical (unpaired) electrons. The molecule has 10 nitrogen and oxygen atoms in total. The van der Waals surface area contributed by atoms with Gasteiger partial charge in [0.15, 0.2) is 0 Å². The van der Waals surface area contributed by atoms with Gasteiger partial charge in [-0.2, -0.15) is 0 Å². The maximum atomic E-state index is 12.7. The van der Waals surface area contributed by atoms with Crippen LogP contribution in [-0.2, 0) is 9.47 Å². The van der Waals surface area contributed by atoms with Crippen molar-refractivity contribution in [1.82, 2.24) is 19.6 Å². The van der Waals surface area contributed by atoms with Gasteiger partial charge in [-0.25, -0.2) is 4.79 Å². The van der Waals surface area contributed by atoms with Gasteiger partial charge in [-0.1, -0.05) is 140 Å². The fourth-order valence-electron chi connectivity index (χ4n) is 7.19. The number of carbonyl (C=O) groups is 1. The first-order valence-corrected chi connectivity index (χ1v) is 26.2. The average Bonchev–Trinajstić information content (AvgIpc) is 3.27. The predicted octanol–water partition coefficient (Wildman–Crippen LogP) is 11.6. The Kier molecular flexibility index (Phi) is 53.6. The fourth-order valence-corrected chi connectivity index (χ4v) is 7.19. The van der Waals surface area contributed by atoms with Crippen molar-refractivity contribution >= 4 is 6.16 Å². The molecule has 0 saturated carbocycles. The molecule has 378 valence electrons. The van der Waals surface area contributed by atoms with E-state index >= 15 is 0 Å². The summed E-state index contributed by atoms with van der Waals surface area (Å²) in [6.07, 6.45) is 49.4. The summed E-state index contributed by atoms with van der Waals surface area (Å²) in [5.74, 6) is 0. The first-order valence-electron chi connectivity index (χ1n) is 26.2. The number of hydrogen-bond donors (Lipinski definition) is 3. The monoisotopic (exact) mass is 907 g/mol. The van der Waals surface area contributed by atoms with Gasteiger partial charge in [-0.3, -0.25) is 9.80 Å². The number of unbranched alkanes of at least 4 members (excludes halogenated alkanes) is 18. The average molecular weight is 907 g/mol. The molecule has 0 aromatic heterocycles. The number of carbonyl (C=O) groups excluding carboxylic acids is 1. The van der Waals surface area contributed by atoms with Crippen molar-refractivity contribution in [3.63, 3.8) is 0 Å². The summed E-state index contributed by atoms with van der Waals surface area (Å²) in [7, 11) is 8.09. The fraction of sp³-hybridized carbons (Fsp3) is 0.833. The van der Waals surface area contributed by atoms with Gasteiger partial charge in [-0.05, 0) is 118 Å². The number of hydrogen-bond acceptors (Lipinski definition) is 10. The van der Waals surface area contributed by atoms with Gasteiger partial charge in [0.2, 0.25) is 0 Å². The molecule has 10 heteroatoms. The van der Waals surface area contributed by atoms with E-state index < -0.39 is 6.16 Å². The van der Waals surface area contributed by atoms with E-state index in [1.807, 2.05) is 33.1 Å². The Labute approximate surface area is 396 Å². The summed E-state index contributed by atoms with van der Waals surface area (Å²) in [6, 6.07) is 0. The van der Waals surface area contributed by atoms with E-state index in [1.54, 1.807) is 0 Å². The highest BCUT2D eigenvalue weighted by atomic mass is 16.7. The van der Waals surface area contributed by atoms with E-state index in [4.69, 9.17) is 19.7 Å². The highest BCUT2D eigenvalue weighted by molar-refractivity contribution is 5.60. The molecule has 3 N–H and O–H groups in total. The third-order valence-corrected chi connectivity index (χ3v) is 11.3. The highest BCUT2D eigenvalue weighted by Gasteiger charge is 2.16. The molecule has 0 saturated heterocycles. The summed E-state index contributed by atoms with van der Waals surface area (Å²) < 4.78 is 11.4. The minimum absolute atomic E-state index is 0.0635. The van der Waals surface area contributed by atoms with Crippen molar-refractivity contribution in [2.24, 2.45) is 0 Å². The maximum Gasteiger partial charge on any atom is 0.508 e. The molecule has 0 heterocycles. The first-order chi connectivity index (χ1) is 31.2. The van der Waals surface area contributed by atoms with E-state index in [1.165, 1.54) is 128 Å². The molecule has 0 rings (SSSR count). The SMILES string of the molecule is CCCCC/C=C\C/C=C\CCCCCCCCC(CCCCCCCC/C=C\C/C=C\CCCCC)OC(=O)OCCN(CCO)CCN(C)C.CN(C)CCN(CCO)CCO. The van der Waals surface area contributed by atoms with Crippen LogP contribution in [0.2, 0.25) is 0 Å². The predicted molar refractivity (Wildman–Crippen MR) is 275 cm³/mol. The molecule has 0 amide bonds. The second-order valence-electron chi connectivity index (χ2n) is 18.0. The smallest absolute Gasteiger partial charge is 0.433 e. The molecule has 0 aliphatic rings. The third-order valence-electron chi connectivity index (χ3n) is 11.3. The number of allylic oxidation sites excluding steroid dienone is 8. The van der Waals surface area contributed by atoms with Crippen LogP contribution < -0.4 is 0 Å². The summed E-state index contributed by atoms with van der Waals surface area (Å²) in [5, 5.41) is 26.8. The van der Waals surface area contributed by atoms with Crippen LogP contribution in [0.1, 0.15) is 181 Å². The number of nitrogens with zero attached hydrogens (tertiary/aromatic N) is 4. The Morgan fingerprint density at radius 3 is 1.14 bits per heavy atom. The molecule has 0 spiro atoms. The molecular weight excluding hydrogens is 801 g/mol. The van der Waals surface area contributed by atoms with Crippen LogP contribution in [0.15, 0.2) is 48.6 Å². The van der Waals surface area contributed by atoms with Crippen LogP contribution in [0.3, 0.4) is 0 Å².